The van der Waals surface area contributed by atoms with Gasteiger partial charge in [-0.25, -0.2) is 4.79 Å². The van der Waals surface area contributed by atoms with E-state index in [4.69, 9.17) is 5.11 Å². The number of rotatable bonds is 3. The Balaban J connectivity index is 3.29. The van der Waals surface area contributed by atoms with E-state index in [2.05, 4.69) is 0 Å². The molecule has 0 aliphatic heterocycles. The Kier molecular flexibility index (Phi) is 4.21. The topological polar surface area (TPSA) is 40.5 Å². The molecule has 3 nitrogen and oxygen atoms in total. The van der Waals surface area contributed by atoms with Crippen molar-refractivity contribution >= 4 is 11.7 Å². The van der Waals surface area contributed by atoms with Crippen LogP contribution in [-0.2, 0) is 6.18 Å². The molecule has 0 fully saturated rings. The molecule has 0 amide bonds. The monoisotopic (exact) mass is 301 g/mol. The maximum atomic E-state index is 12.8. The van der Waals surface area contributed by atoms with Crippen LogP contribution in [0.1, 0.15) is 15.9 Å². The molecule has 0 aliphatic rings. The molecule has 1 aromatic carbocycles. The van der Waals surface area contributed by atoms with Crippen LogP contribution < -0.4 is 4.90 Å². The van der Waals surface area contributed by atoms with Crippen LogP contribution in [0.4, 0.5) is 32.0 Å². The average Bonchev–Trinajstić information content (AvgIpc) is 2.24. The maximum absolute atomic E-state index is 12.8. The average molecular weight is 301 g/mol. The van der Waals surface area contributed by atoms with Gasteiger partial charge >= 0.3 is 18.3 Å². The second-order valence-corrected chi connectivity index (χ2v) is 4.01. The van der Waals surface area contributed by atoms with Crippen LogP contribution in [0.2, 0.25) is 0 Å². The third kappa shape index (κ3) is 4.04. The highest BCUT2D eigenvalue weighted by Crippen LogP contribution is 2.37. The zero-order chi connectivity index (χ0) is 15.7. The van der Waals surface area contributed by atoms with Crippen LogP contribution in [0.25, 0.3) is 0 Å². The summed E-state index contributed by atoms with van der Waals surface area (Å²) in [5.41, 5.74) is -2.81. The fraction of sp³-hybridized carbons (Fsp3) is 0.364. The highest BCUT2D eigenvalue weighted by molar-refractivity contribution is 5.88. The first-order chi connectivity index (χ1) is 8.92. The lowest BCUT2D eigenvalue weighted by molar-refractivity contribution is -0.138. The fourth-order valence-electron chi connectivity index (χ4n) is 1.58. The summed E-state index contributed by atoms with van der Waals surface area (Å²) >= 11 is 0. The van der Waals surface area contributed by atoms with Crippen molar-refractivity contribution in [1.29, 1.82) is 0 Å². The number of nitrogens with zero attached hydrogens (tertiary/aromatic N) is 1. The fourth-order valence-corrected chi connectivity index (χ4v) is 1.58. The molecule has 0 bridgehead atoms. The Labute approximate surface area is 109 Å². The molecular weight excluding hydrogens is 292 g/mol. The van der Waals surface area contributed by atoms with Crippen molar-refractivity contribution in [2.24, 2.45) is 0 Å². The summed E-state index contributed by atoms with van der Waals surface area (Å²) < 4.78 is 75.0. The maximum Gasteiger partial charge on any atom is 0.418 e. The molecule has 0 saturated carbocycles. The Morgan fingerprint density at radius 1 is 1.20 bits per heavy atom. The second-order valence-electron chi connectivity index (χ2n) is 4.01. The predicted molar refractivity (Wildman–Crippen MR) is 57.7 cm³/mol. The van der Waals surface area contributed by atoms with E-state index in [-0.39, 0.29) is 0 Å². The molecule has 9 heteroatoms. The van der Waals surface area contributed by atoms with Gasteiger partial charge in [-0.05, 0) is 18.2 Å². The quantitative estimate of drug-likeness (QED) is 0.870. The first-order valence-electron chi connectivity index (χ1n) is 5.14. The number of anilines is 1. The number of benzene rings is 1. The summed E-state index contributed by atoms with van der Waals surface area (Å²) in [7, 11) is 0.846. The zero-order valence-corrected chi connectivity index (χ0v) is 10.0. The summed E-state index contributed by atoms with van der Waals surface area (Å²) in [6.07, 6.45) is -9.64. The molecule has 20 heavy (non-hydrogen) atoms. The number of carboxylic acids is 1. The van der Waals surface area contributed by atoms with Crippen LogP contribution in [0.5, 0.6) is 0 Å². The molecule has 0 aliphatic carbocycles. The number of carbonyl (C=O) groups is 1. The van der Waals surface area contributed by atoms with E-state index in [0.717, 1.165) is 13.1 Å². The summed E-state index contributed by atoms with van der Waals surface area (Å²) in [6, 6.07) is 1.84. The number of alkyl halides is 6. The van der Waals surface area contributed by atoms with Crippen molar-refractivity contribution in [3.05, 3.63) is 29.3 Å². The van der Waals surface area contributed by atoms with Crippen LogP contribution in [-0.4, -0.2) is 30.8 Å². The van der Waals surface area contributed by atoms with Crippen LogP contribution in [0.15, 0.2) is 18.2 Å². The molecule has 0 spiro atoms. The lowest BCUT2D eigenvalue weighted by Gasteiger charge is -2.24. The Morgan fingerprint density at radius 3 is 2.15 bits per heavy atom. The summed E-state index contributed by atoms with van der Waals surface area (Å²) in [5.74, 6) is -1.60. The molecule has 1 N–H and O–H groups in total. The van der Waals surface area contributed by atoms with Crippen LogP contribution in [0.3, 0.4) is 0 Å². The molecule has 1 aromatic rings. The highest BCUT2D eigenvalue weighted by atomic mass is 19.4. The number of hydrogen-bond acceptors (Lipinski definition) is 2. The Hall–Kier alpha value is -1.93. The summed E-state index contributed by atoms with van der Waals surface area (Å²) in [5, 5.41) is 8.63. The molecule has 0 aromatic heterocycles. The Morgan fingerprint density at radius 2 is 1.75 bits per heavy atom. The van der Waals surface area contributed by atoms with Crippen molar-refractivity contribution in [2.75, 3.05) is 18.5 Å². The molecular formula is C11H9F6NO2. The minimum absolute atomic E-state index is 0.310. The largest absolute Gasteiger partial charge is 0.478 e. The van der Waals surface area contributed by atoms with E-state index in [9.17, 15) is 31.1 Å². The normalized spacial score (nSPS) is 12.3. The van der Waals surface area contributed by atoms with Crippen molar-refractivity contribution in [2.45, 2.75) is 12.4 Å². The number of hydrogen-bond donors (Lipinski definition) is 1. The van der Waals surface area contributed by atoms with Crippen LogP contribution >= 0.6 is 0 Å². The number of halogens is 6. The number of carboxylic acid groups (broad SMARTS) is 1. The van der Waals surface area contributed by atoms with Crippen LogP contribution in [0, 0.1) is 0 Å². The minimum Gasteiger partial charge on any atom is -0.478 e. The lowest BCUT2D eigenvalue weighted by atomic mass is 10.1. The van der Waals surface area contributed by atoms with Crippen molar-refractivity contribution in [3.63, 3.8) is 0 Å². The molecule has 0 unspecified atom stereocenters. The van der Waals surface area contributed by atoms with Gasteiger partial charge in [-0.15, -0.1) is 0 Å². The van der Waals surface area contributed by atoms with Gasteiger partial charge in [0.05, 0.1) is 11.1 Å². The summed E-state index contributed by atoms with van der Waals surface area (Å²) in [6.45, 7) is -1.58. The minimum atomic E-state index is -4.96. The standard InChI is InChI=1S/C11H9F6NO2/c1-18(5-10(12,13)14)8-3-2-6(9(19)20)4-7(8)11(15,16)17/h2-4H,5H2,1H3,(H,19,20). The highest BCUT2D eigenvalue weighted by Gasteiger charge is 2.37. The van der Waals surface area contributed by atoms with Gasteiger partial charge in [0.2, 0.25) is 0 Å². The second kappa shape index (κ2) is 5.22. The van der Waals surface area contributed by atoms with Crippen molar-refractivity contribution in [1.82, 2.24) is 0 Å². The third-order valence-corrected chi connectivity index (χ3v) is 2.38. The Bertz CT molecular complexity index is 509. The van der Waals surface area contributed by atoms with Gasteiger partial charge in [-0.1, -0.05) is 0 Å². The molecule has 1 rings (SSSR count). The molecule has 112 valence electrons. The van der Waals surface area contributed by atoms with Gasteiger partial charge < -0.3 is 10.0 Å². The van der Waals surface area contributed by atoms with E-state index in [0.29, 0.717) is 17.0 Å². The van der Waals surface area contributed by atoms with Crippen molar-refractivity contribution < 1.29 is 36.2 Å². The van der Waals surface area contributed by atoms with E-state index in [1.54, 1.807) is 0 Å². The number of aromatic carboxylic acids is 1. The first-order valence-corrected chi connectivity index (χ1v) is 5.14. The van der Waals surface area contributed by atoms with Gasteiger partial charge in [0, 0.05) is 12.7 Å². The lowest BCUT2D eigenvalue weighted by Crippen LogP contribution is -2.32. The van der Waals surface area contributed by atoms with Crippen molar-refractivity contribution in [3.8, 4) is 0 Å². The third-order valence-electron chi connectivity index (χ3n) is 2.38. The van der Waals surface area contributed by atoms with Gasteiger partial charge in [0.15, 0.2) is 0 Å². The van der Waals surface area contributed by atoms with Gasteiger partial charge in [-0.3, -0.25) is 0 Å². The molecule has 0 atom stereocenters. The van der Waals surface area contributed by atoms with E-state index >= 15 is 0 Å². The van der Waals surface area contributed by atoms with E-state index in [1.807, 2.05) is 0 Å². The van der Waals surface area contributed by atoms with Gasteiger partial charge in [0.1, 0.15) is 6.54 Å². The van der Waals surface area contributed by atoms with Gasteiger partial charge in [0.25, 0.3) is 0 Å². The van der Waals surface area contributed by atoms with E-state index in [1.165, 1.54) is 0 Å². The smallest absolute Gasteiger partial charge is 0.418 e. The molecule has 0 heterocycles. The van der Waals surface area contributed by atoms with Gasteiger partial charge in [-0.2, -0.15) is 26.3 Å². The van der Waals surface area contributed by atoms with E-state index < -0.39 is 41.7 Å². The first kappa shape index (κ1) is 16.1. The zero-order valence-electron chi connectivity index (χ0n) is 10.0. The predicted octanol–water partition coefficient (Wildman–Crippen LogP) is 3.40. The summed E-state index contributed by atoms with van der Waals surface area (Å²) in [4.78, 5) is 11.0. The molecule has 0 radical (unpaired) electrons. The molecule has 0 saturated heterocycles. The SMILES string of the molecule is CN(CC(F)(F)F)c1ccc(C(=O)O)cc1C(F)(F)F.